The Hall–Kier alpha value is -2.64. The molecule has 0 aliphatic heterocycles. The van der Waals surface area contributed by atoms with Crippen LogP contribution in [-0.2, 0) is 6.54 Å². The molecule has 20 heavy (non-hydrogen) atoms. The first-order valence-corrected chi connectivity index (χ1v) is 6.20. The molecule has 2 rings (SSSR count). The number of nitrogens with one attached hydrogen (secondary N) is 2. The third-order valence-corrected chi connectivity index (χ3v) is 2.59. The molecule has 8 heteroatoms. The van der Waals surface area contributed by atoms with Crippen LogP contribution in [0.4, 0.5) is 17.3 Å². The zero-order chi connectivity index (χ0) is 14.4. The van der Waals surface area contributed by atoms with Gasteiger partial charge in [0.2, 0.25) is 11.6 Å². The van der Waals surface area contributed by atoms with E-state index in [0.717, 1.165) is 12.0 Å². The quantitative estimate of drug-likeness (QED) is 0.591. The molecular weight excluding hydrogens is 262 g/mol. The van der Waals surface area contributed by atoms with Gasteiger partial charge in [-0.1, -0.05) is 6.92 Å². The molecular formula is C12H15N5O3. The highest BCUT2D eigenvalue weighted by Gasteiger charge is 2.22. The van der Waals surface area contributed by atoms with E-state index in [1.54, 1.807) is 18.6 Å². The molecule has 0 saturated heterocycles. The van der Waals surface area contributed by atoms with E-state index >= 15 is 0 Å². The highest BCUT2D eigenvalue weighted by Crippen LogP contribution is 2.29. The number of aromatic nitrogens is 2. The largest absolute Gasteiger partial charge is 0.472 e. The molecule has 0 aromatic carbocycles. The van der Waals surface area contributed by atoms with E-state index in [2.05, 4.69) is 20.6 Å². The molecule has 0 aliphatic carbocycles. The van der Waals surface area contributed by atoms with Gasteiger partial charge in [-0.25, -0.2) is 9.97 Å². The first kappa shape index (κ1) is 13.8. The lowest BCUT2D eigenvalue weighted by Gasteiger charge is -2.08. The lowest BCUT2D eigenvalue weighted by Crippen LogP contribution is -2.10. The van der Waals surface area contributed by atoms with Gasteiger partial charge in [0.15, 0.2) is 0 Å². The summed E-state index contributed by atoms with van der Waals surface area (Å²) in [5.74, 6) is 0.409. The zero-order valence-electron chi connectivity index (χ0n) is 11.0. The van der Waals surface area contributed by atoms with Crippen LogP contribution in [0.25, 0.3) is 0 Å². The summed E-state index contributed by atoms with van der Waals surface area (Å²) >= 11 is 0. The molecule has 0 radical (unpaired) electrons. The summed E-state index contributed by atoms with van der Waals surface area (Å²) in [7, 11) is 0. The summed E-state index contributed by atoms with van der Waals surface area (Å²) in [5, 5.41) is 17.0. The summed E-state index contributed by atoms with van der Waals surface area (Å²) in [6, 6.07) is 1.77. The van der Waals surface area contributed by atoms with Crippen molar-refractivity contribution in [2.75, 3.05) is 17.2 Å². The predicted molar refractivity (Wildman–Crippen MR) is 73.5 cm³/mol. The lowest BCUT2D eigenvalue weighted by molar-refractivity contribution is -0.383. The molecule has 0 bridgehead atoms. The molecule has 2 aromatic rings. The minimum atomic E-state index is -0.490. The van der Waals surface area contributed by atoms with Gasteiger partial charge >= 0.3 is 5.69 Å². The van der Waals surface area contributed by atoms with Crippen LogP contribution in [0.3, 0.4) is 0 Å². The Morgan fingerprint density at radius 1 is 1.35 bits per heavy atom. The number of hydrogen-bond acceptors (Lipinski definition) is 7. The van der Waals surface area contributed by atoms with E-state index in [1.807, 2.05) is 6.92 Å². The van der Waals surface area contributed by atoms with E-state index < -0.39 is 4.92 Å². The van der Waals surface area contributed by atoms with Gasteiger partial charge in [0.05, 0.1) is 17.4 Å². The number of anilines is 2. The molecule has 0 aliphatic rings. The van der Waals surface area contributed by atoms with Gasteiger partial charge in [0, 0.05) is 18.7 Å². The van der Waals surface area contributed by atoms with Crippen LogP contribution in [0, 0.1) is 10.1 Å². The SMILES string of the molecule is CCCNc1ncnc(NCc2ccoc2)c1[N+](=O)[O-]. The third-order valence-electron chi connectivity index (χ3n) is 2.59. The Labute approximate surface area is 115 Å². The van der Waals surface area contributed by atoms with E-state index in [4.69, 9.17) is 4.42 Å². The highest BCUT2D eigenvalue weighted by molar-refractivity contribution is 5.69. The summed E-state index contributed by atoms with van der Waals surface area (Å²) in [6.07, 6.45) is 5.25. The van der Waals surface area contributed by atoms with Crippen LogP contribution in [0.15, 0.2) is 29.3 Å². The molecule has 0 fully saturated rings. The Kier molecular flexibility index (Phi) is 4.48. The molecule has 8 nitrogen and oxygen atoms in total. The zero-order valence-corrected chi connectivity index (χ0v) is 11.0. The number of rotatable bonds is 7. The second kappa shape index (κ2) is 6.50. The second-order valence-electron chi connectivity index (χ2n) is 4.09. The Morgan fingerprint density at radius 3 is 2.70 bits per heavy atom. The van der Waals surface area contributed by atoms with Crippen molar-refractivity contribution in [1.29, 1.82) is 0 Å². The van der Waals surface area contributed by atoms with Gasteiger partial charge in [-0.3, -0.25) is 10.1 Å². The van der Waals surface area contributed by atoms with Crippen molar-refractivity contribution in [2.24, 2.45) is 0 Å². The highest BCUT2D eigenvalue weighted by atomic mass is 16.6. The molecule has 0 saturated carbocycles. The lowest BCUT2D eigenvalue weighted by atomic mass is 10.3. The van der Waals surface area contributed by atoms with Gasteiger partial charge in [-0.15, -0.1) is 0 Å². The summed E-state index contributed by atoms with van der Waals surface area (Å²) < 4.78 is 4.94. The standard InChI is InChI=1S/C12H15N5O3/c1-2-4-13-11-10(17(18)19)12(16-8-15-11)14-6-9-3-5-20-7-9/h3,5,7-8H,2,4,6H2,1H3,(H2,13,14,15,16). The van der Waals surface area contributed by atoms with Crippen LogP contribution < -0.4 is 10.6 Å². The van der Waals surface area contributed by atoms with E-state index in [-0.39, 0.29) is 17.3 Å². The molecule has 0 amide bonds. The maximum atomic E-state index is 11.2. The fraction of sp³-hybridized carbons (Fsp3) is 0.333. The molecule has 2 aromatic heterocycles. The van der Waals surface area contributed by atoms with Crippen LogP contribution in [-0.4, -0.2) is 21.4 Å². The Morgan fingerprint density at radius 2 is 2.10 bits per heavy atom. The normalized spacial score (nSPS) is 10.2. The molecule has 2 N–H and O–H groups in total. The maximum absolute atomic E-state index is 11.2. The van der Waals surface area contributed by atoms with Crippen molar-refractivity contribution < 1.29 is 9.34 Å². The van der Waals surface area contributed by atoms with Crippen molar-refractivity contribution in [1.82, 2.24) is 9.97 Å². The Balaban J connectivity index is 2.20. The van der Waals surface area contributed by atoms with Crippen molar-refractivity contribution in [3.05, 3.63) is 40.6 Å². The molecule has 0 spiro atoms. The molecule has 2 heterocycles. The number of furan rings is 1. The van der Waals surface area contributed by atoms with Crippen molar-refractivity contribution in [3.63, 3.8) is 0 Å². The van der Waals surface area contributed by atoms with Crippen LogP contribution in [0.5, 0.6) is 0 Å². The Bertz CT molecular complexity index is 570. The van der Waals surface area contributed by atoms with Gasteiger partial charge in [0.1, 0.15) is 6.33 Å². The van der Waals surface area contributed by atoms with Crippen molar-refractivity contribution in [3.8, 4) is 0 Å². The minimum absolute atomic E-state index is 0.149. The fourth-order valence-corrected chi connectivity index (χ4v) is 1.63. The summed E-state index contributed by atoms with van der Waals surface area (Å²) in [6.45, 7) is 2.97. The molecule has 0 atom stereocenters. The minimum Gasteiger partial charge on any atom is -0.472 e. The number of nitrogens with zero attached hydrogens (tertiary/aromatic N) is 3. The number of nitro groups is 1. The first-order chi connectivity index (χ1) is 9.72. The van der Waals surface area contributed by atoms with Crippen LogP contribution in [0.2, 0.25) is 0 Å². The first-order valence-electron chi connectivity index (χ1n) is 6.20. The topological polar surface area (TPSA) is 106 Å². The fourth-order valence-electron chi connectivity index (χ4n) is 1.63. The second-order valence-corrected chi connectivity index (χ2v) is 4.09. The molecule has 0 unspecified atom stereocenters. The monoisotopic (exact) mass is 277 g/mol. The van der Waals surface area contributed by atoms with E-state index in [0.29, 0.717) is 13.1 Å². The van der Waals surface area contributed by atoms with Gasteiger partial charge in [0.25, 0.3) is 0 Å². The van der Waals surface area contributed by atoms with Gasteiger partial charge in [-0.2, -0.15) is 0 Å². The van der Waals surface area contributed by atoms with Crippen molar-refractivity contribution >= 4 is 17.3 Å². The average molecular weight is 277 g/mol. The number of hydrogen-bond donors (Lipinski definition) is 2. The average Bonchev–Trinajstić information content (AvgIpc) is 2.95. The molecule has 106 valence electrons. The van der Waals surface area contributed by atoms with Gasteiger partial charge in [-0.05, 0) is 12.5 Å². The summed E-state index contributed by atoms with van der Waals surface area (Å²) in [4.78, 5) is 18.6. The smallest absolute Gasteiger partial charge is 0.353 e. The van der Waals surface area contributed by atoms with Gasteiger partial charge < -0.3 is 15.1 Å². The van der Waals surface area contributed by atoms with E-state index in [1.165, 1.54) is 6.33 Å². The predicted octanol–water partition coefficient (Wildman–Crippen LogP) is 2.41. The van der Waals surface area contributed by atoms with E-state index in [9.17, 15) is 10.1 Å². The third kappa shape index (κ3) is 3.22. The van der Waals surface area contributed by atoms with Crippen molar-refractivity contribution in [2.45, 2.75) is 19.9 Å². The van der Waals surface area contributed by atoms with Crippen LogP contribution in [0.1, 0.15) is 18.9 Å². The van der Waals surface area contributed by atoms with Crippen LogP contribution >= 0.6 is 0 Å². The summed E-state index contributed by atoms with van der Waals surface area (Å²) in [5.41, 5.74) is 0.727. The maximum Gasteiger partial charge on any atom is 0.353 e.